The monoisotopic (exact) mass is 392 g/mol. The first-order chi connectivity index (χ1) is 12.3. The maximum absolute atomic E-state index is 13.1. The minimum atomic E-state index is -3.48. The van der Waals surface area contributed by atoms with E-state index in [4.69, 9.17) is 11.6 Å². The van der Waals surface area contributed by atoms with E-state index in [1.54, 1.807) is 20.7 Å². The van der Waals surface area contributed by atoms with Gasteiger partial charge in [-0.2, -0.15) is 17.0 Å². The van der Waals surface area contributed by atoms with Crippen LogP contribution in [0.5, 0.6) is 0 Å². The van der Waals surface area contributed by atoms with Gasteiger partial charge in [0.15, 0.2) is 0 Å². The zero-order valence-corrected chi connectivity index (χ0v) is 17.1. The van der Waals surface area contributed by atoms with Crippen LogP contribution < -0.4 is 0 Å². The Balaban J connectivity index is 1.82. The van der Waals surface area contributed by atoms with Crippen molar-refractivity contribution in [2.24, 2.45) is 0 Å². The van der Waals surface area contributed by atoms with Crippen molar-refractivity contribution in [2.75, 3.05) is 13.1 Å². The van der Waals surface area contributed by atoms with Crippen molar-refractivity contribution in [1.29, 1.82) is 0 Å². The van der Waals surface area contributed by atoms with Crippen LogP contribution in [0.3, 0.4) is 0 Å². The molecule has 0 spiro atoms. The van der Waals surface area contributed by atoms with Crippen molar-refractivity contribution in [3.05, 3.63) is 69.2 Å². The molecule has 3 rings (SSSR count). The zero-order valence-electron chi connectivity index (χ0n) is 15.5. The Bertz CT molecular complexity index is 872. The van der Waals surface area contributed by atoms with E-state index in [1.807, 2.05) is 12.1 Å². The highest BCUT2D eigenvalue weighted by Gasteiger charge is 2.33. The molecule has 0 unspecified atom stereocenters. The summed E-state index contributed by atoms with van der Waals surface area (Å²) in [5, 5.41) is 0.655. The number of rotatable bonds is 4. The Hall–Kier alpha value is -1.40. The van der Waals surface area contributed by atoms with Crippen LogP contribution in [0, 0.1) is 20.8 Å². The summed E-state index contributed by atoms with van der Waals surface area (Å²) in [4.78, 5) is 0. The van der Waals surface area contributed by atoms with Gasteiger partial charge in [-0.15, -0.1) is 0 Å². The SMILES string of the molecule is Cc1cc(C)c(CN2CCCN(Cc3ccc(Cl)cc3)S2(=O)=O)c(C)c1. The average molecular weight is 393 g/mol. The van der Waals surface area contributed by atoms with Crippen LogP contribution in [0.4, 0.5) is 0 Å². The van der Waals surface area contributed by atoms with Crippen LogP contribution >= 0.6 is 11.6 Å². The zero-order chi connectivity index (χ0) is 18.9. The van der Waals surface area contributed by atoms with E-state index in [9.17, 15) is 8.42 Å². The van der Waals surface area contributed by atoms with E-state index in [0.717, 1.165) is 28.7 Å². The number of hydrogen-bond donors (Lipinski definition) is 0. The predicted octanol–water partition coefficient (Wildman–Crippen LogP) is 4.22. The average Bonchev–Trinajstić information content (AvgIpc) is 2.56. The van der Waals surface area contributed by atoms with E-state index in [1.165, 1.54) is 5.56 Å². The third-order valence-corrected chi connectivity index (χ3v) is 7.10. The number of nitrogens with zero attached hydrogens (tertiary/aromatic N) is 2. The number of halogens is 1. The highest BCUT2D eigenvalue weighted by Crippen LogP contribution is 2.25. The van der Waals surface area contributed by atoms with Crippen LogP contribution in [-0.4, -0.2) is 30.1 Å². The van der Waals surface area contributed by atoms with Crippen LogP contribution in [0.15, 0.2) is 36.4 Å². The highest BCUT2D eigenvalue weighted by molar-refractivity contribution is 7.86. The summed E-state index contributed by atoms with van der Waals surface area (Å²) in [6, 6.07) is 11.6. The van der Waals surface area contributed by atoms with E-state index in [-0.39, 0.29) is 0 Å². The second-order valence-corrected chi connectivity index (χ2v) is 9.40. The molecule has 0 atom stereocenters. The van der Waals surface area contributed by atoms with Crippen molar-refractivity contribution in [2.45, 2.75) is 40.3 Å². The highest BCUT2D eigenvalue weighted by atomic mass is 35.5. The lowest BCUT2D eigenvalue weighted by Gasteiger charge is -2.35. The van der Waals surface area contributed by atoms with Crippen molar-refractivity contribution in [3.63, 3.8) is 0 Å². The molecule has 140 valence electrons. The molecule has 0 radical (unpaired) electrons. The quantitative estimate of drug-likeness (QED) is 0.781. The maximum atomic E-state index is 13.1. The third kappa shape index (κ3) is 4.12. The number of hydrogen-bond acceptors (Lipinski definition) is 2. The molecule has 4 nitrogen and oxygen atoms in total. The largest absolute Gasteiger partial charge is 0.282 e. The topological polar surface area (TPSA) is 40.6 Å². The molecular formula is C20H25ClN2O2S. The lowest BCUT2D eigenvalue weighted by atomic mass is 10.00. The Morgan fingerprint density at radius 3 is 2.04 bits per heavy atom. The van der Waals surface area contributed by atoms with Gasteiger partial charge in [-0.05, 0) is 61.6 Å². The molecule has 1 aliphatic heterocycles. The molecule has 0 saturated carbocycles. The molecule has 1 fully saturated rings. The van der Waals surface area contributed by atoms with Gasteiger partial charge in [0.05, 0.1) is 0 Å². The molecule has 2 aromatic rings. The first-order valence-electron chi connectivity index (χ1n) is 8.84. The minimum Gasteiger partial charge on any atom is -0.195 e. The second kappa shape index (κ2) is 7.69. The van der Waals surface area contributed by atoms with Gasteiger partial charge < -0.3 is 0 Å². The van der Waals surface area contributed by atoms with Crippen molar-refractivity contribution in [1.82, 2.24) is 8.61 Å². The van der Waals surface area contributed by atoms with Crippen LogP contribution in [0.25, 0.3) is 0 Å². The fourth-order valence-electron chi connectivity index (χ4n) is 3.57. The van der Waals surface area contributed by atoms with Crippen LogP contribution in [-0.2, 0) is 23.3 Å². The summed E-state index contributed by atoms with van der Waals surface area (Å²) in [5.74, 6) is 0. The van der Waals surface area contributed by atoms with E-state index >= 15 is 0 Å². The third-order valence-electron chi connectivity index (χ3n) is 4.91. The Kier molecular flexibility index (Phi) is 5.72. The van der Waals surface area contributed by atoms with Gasteiger partial charge in [0.2, 0.25) is 0 Å². The molecule has 6 heteroatoms. The van der Waals surface area contributed by atoms with Gasteiger partial charge in [-0.3, -0.25) is 0 Å². The van der Waals surface area contributed by atoms with E-state index in [2.05, 4.69) is 32.9 Å². The predicted molar refractivity (Wildman–Crippen MR) is 106 cm³/mol. The molecule has 0 amide bonds. The van der Waals surface area contributed by atoms with Crippen LogP contribution in [0.2, 0.25) is 5.02 Å². The molecule has 1 saturated heterocycles. The van der Waals surface area contributed by atoms with Gasteiger partial charge in [0, 0.05) is 31.2 Å². The molecule has 1 aliphatic rings. The van der Waals surface area contributed by atoms with Crippen molar-refractivity contribution in [3.8, 4) is 0 Å². The smallest absolute Gasteiger partial charge is 0.195 e. The maximum Gasteiger partial charge on any atom is 0.282 e. The fourth-order valence-corrected chi connectivity index (χ4v) is 5.34. The first kappa shape index (κ1) is 19.4. The Labute approximate surface area is 161 Å². The molecule has 0 bridgehead atoms. The number of aryl methyl sites for hydroxylation is 3. The standard InChI is InChI=1S/C20H25ClN2O2S/c1-15-11-16(2)20(17(3)12-15)14-23-10-4-9-22(26(23,24)25)13-18-5-7-19(21)8-6-18/h5-8,11-12H,4,9-10,13-14H2,1-3H3. The summed E-state index contributed by atoms with van der Waals surface area (Å²) in [7, 11) is -3.48. The van der Waals surface area contributed by atoms with Gasteiger partial charge in [-0.1, -0.05) is 41.4 Å². The summed E-state index contributed by atoms with van der Waals surface area (Å²) in [5.41, 5.74) is 5.55. The number of benzene rings is 2. The fraction of sp³-hybridized carbons (Fsp3) is 0.400. The van der Waals surface area contributed by atoms with Gasteiger partial charge >= 0.3 is 0 Å². The van der Waals surface area contributed by atoms with Crippen molar-refractivity contribution >= 4 is 21.8 Å². The molecule has 1 heterocycles. The van der Waals surface area contributed by atoms with Gasteiger partial charge in [0.25, 0.3) is 10.2 Å². The Morgan fingerprint density at radius 2 is 1.46 bits per heavy atom. The normalized spacial score (nSPS) is 18.2. The van der Waals surface area contributed by atoms with Crippen molar-refractivity contribution < 1.29 is 8.42 Å². The summed E-state index contributed by atoms with van der Waals surface area (Å²) in [6.07, 6.45) is 0.830. The molecule has 0 aromatic heterocycles. The molecule has 2 aromatic carbocycles. The van der Waals surface area contributed by atoms with E-state index < -0.39 is 10.2 Å². The summed E-state index contributed by atoms with van der Waals surface area (Å²) < 4.78 is 29.4. The lowest BCUT2D eigenvalue weighted by molar-refractivity contribution is 0.275. The molecule has 26 heavy (non-hydrogen) atoms. The molecule has 0 N–H and O–H groups in total. The molecular weight excluding hydrogens is 368 g/mol. The van der Waals surface area contributed by atoms with Gasteiger partial charge in [0.1, 0.15) is 0 Å². The molecule has 0 aliphatic carbocycles. The lowest BCUT2D eigenvalue weighted by Crippen LogP contribution is -2.48. The Morgan fingerprint density at radius 1 is 0.923 bits per heavy atom. The minimum absolute atomic E-state index is 0.377. The summed E-state index contributed by atoms with van der Waals surface area (Å²) in [6.45, 7) is 8.09. The van der Waals surface area contributed by atoms with Crippen LogP contribution in [0.1, 0.15) is 34.2 Å². The first-order valence-corrected chi connectivity index (χ1v) is 10.6. The summed E-state index contributed by atoms with van der Waals surface area (Å²) >= 11 is 5.92. The second-order valence-electron chi connectivity index (χ2n) is 7.03. The van der Waals surface area contributed by atoms with Gasteiger partial charge in [-0.25, -0.2) is 0 Å². The van der Waals surface area contributed by atoms with E-state index in [0.29, 0.717) is 31.2 Å².